The van der Waals surface area contributed by atoms with Crippen molar-refractivity contribution < 1.29 is 19.5 Å². The quantitative estimate of drug-likeness (QED) is 0.765. The first-order chi connectivity index (χ1) is 11.0. The third-order valence-corrected chi connectivity index (χ3v) is 4.12. The number of nitrogens with one attached hydrogen (secondary N) is 1. The number of piperazine rings is 1. The molecular weight excluding hydrogens is 298 g/mol. The van der Waals surface area contributed by atoms with Crippen molar-refractivity contribution in [2.75, 3.05) is 19.6 Å². The van der Waals surface area contributed by atoms with Crippen molar-refractivity contribution in [2.24, 2.45) is 0 Å². The smallest absolute Gasteiger partial charge is 0.394 e. The molecule has 120 valence electrons. The zero-order valence-corrected chi connectivity index (χ0v) is 12.7. The van der Waals surface area contributed by atoms with Gasteiger partial charge in [0.1, 0.15) is 5.69 Å². The van der Waals surface area contributed by atoms with Gasteiger partial charge in [-0.05, 0) is 19.1 Å². The Morgan fingerprint density at radius 2 is 1.96 bits per heavy atom. The number of aromatic amines is 1. The van der Waals surface area contributed by atoms with Crippen molar-refractivity contribution in [1.82, 2.24) is 14.8 Å². The number of rotatable bonds is 1. The highest BCUT2D eigenvalue weighted by Crippen LogP contribution is 2.18. The van der Waals surface area contributed by atoms with E-state index >= 15 is 0 Å². The topological polar surface area (TPSA) is 93.7 Å². The molecule has 2 heterocycles. The van der Waals surface area contributed by atoms with Gasteiger partial charge in [-0.2, -0.15) is 0 Å². The van der Waals surface area contributed by atoms with E-state index < -0.39 is 11.9 Å². The molecule has 0 bridgehead atoms. The van der Waals surface area contributed by atoms with Crippen molar-refractivity contribution in [2.45, 2.75) is 13.0 Å². The van der Waals surface area contributed by atoms with Crippen LogP contribution in [0.2, 0.25) is 0 Å². The number of carboxylic acid groups (broad SMARTS) is 1. The van der Waals surface area contributed by atoms with E-state index in [-0.39, 0.29) is 25.0 Å². The minimum absolute atomic E-state index is 0.142. The fourth-order valence-electron chi connectivity index (χ4n) is 2.92. The average Bonchev–Trinajstić information content (AvgIpc) is 2.97. The van der Waals surface area contributed by atoms with Gasteiger partial charge in [-0.3, -0.25) is 9.59 Å². The maximum Gasteiger partial charge on any atom is 0.394 e. The van der Waals surface area contributed by atoms with Crippen LogP contribution in [0.3, 0.4) is 0 Å². The number of carboxylic acids is 1. The van der Waals surface area contributed by atoms with Gasteiger partial charge in [-0.15, -0.1) is 0 Å². The minimum atomic E-state index is -1.47. The summed E-state index contributed by atoms with van der Waals surface area (Å²) < 4.78 is 0. The van der Waals surface area contributed by atoms with E-state index in [1.807, 2.05) is 31.2 Å². The van der Waals surface area contributed by atoms with Gasteiger partial charge in [-0.25, -0.2) is 4.79 Å². The second-order valence-corrected chi connectivity index (χ2v) is 5.67. The summed E-state index contributed by atoms with van der Waals surface area (Å²) in [5.41, 5.74) is 1.39. The molecule has 7 heteroatoms. The summed E-state index contributed by atoms with van der Waals surface area (Å²) in [5, 5.41) is 9.74. The van der Waals surface area contributed by atoms with Gasteiger partial charge in [0.2, 0.25) is 0 Å². The lowest BCUT2D eigenvalue weighted by molar-refractivity contribution is -0.157. The molecule has 3 rings (SSSR count). The van der Waals surface area contributed by atoms with Crippen LogP contribution in [-0.4, -0.2) is 63.4 Å². The number of amides is 2. The highest BCUT2D eigenvalue weighted by atomic mass is 16.4. The zero-order valence-electron chi connectivity index (χ0n) is 12.7. The molecule has 1 atom stereocenters. The van der Waals surface area contributed by atoms with E-state index in [0.717, 1.165) is 10.9 Å². The van der Waals surface area contributed by atoms with Crippen LogP contribution < -0.4 is 0 Å². The largest absolute Gasteiger partial charge is 0.474 e. The average molecular weight is 315 g/mol. The summed E-state index contributed by atoms with van der Waals surface area (Å²) in [5.74, 6) is -2.53. The molecule has 1 fully saturated rings. The molecule has 1 aliphatic heterocycles. The Morgan fingerprint density at radius 1 is 1.22 bits per heavy atom. The SMILES string of the molecule is C[C@H]1CN(C(=O)C(=O)O)CCN1C(=O)c1cc2ccccc2[nH]1. The lowest BCUT2D eigenvalue weighted by Gasteiger charge is -2.39. The van der Waals surface area contributed by atoms with Gasteiger partial charge in [0.15, 0.2) is 0 Å². The number of aromatic nitrogens is 1. The standard InChI is InChI=1S/C16H17N3O4/c1-10-9-18(15(21)16(22)23)6-7-19(10)14(20)13-8-11-4-2-3-5-12(11)17-13/h2-5,8,10,17H,6-7,9H2,1H3,(H,22,23)/t10-/m0/s1. The van der Waals surface area contributed by atoms with E-state index in [1.54, 1.807) is 11.0 Å². The van der Waals surface area contributed by atoms with Crippen LogP contribution in [0.15, 0.2) is 30.3 Å². The maximum atomic E-state index is 12.7. The van der Waals surface area contributed by atoms with Crippen molar-refractivity contribution in [3.63, 3.8) is 0 Å². The molecule has 0 spiro atoms. The summed E-state index contributed by atoms with van der Waals surface area (Å²) in [4.78, 5) is 41.0. The fraction of sp³-hybridized carbons (Fsp3) is 0.312. The van der Waals surface area contributed by atoms with Crippen LogP contribution in [0.4, 0.5) is 0 Å². The minimum Gasteiger partial charge on any atom is -0.474 e. The molecule has 23 heavy (non-hydrogen) atoms. The van der Waals surface area contributed by atoms with Gasteiger partial charge < -0.3 is 19.9 Å². The number of fused-ring (bicyclic) bond motifs is 1. The van der Waals surface area contributed by atoms with Gasteiger partial charge in [0.25, 0.3) is 5.91 Å². The normalized spacial score (nSPS) is 18.2. The molecule has 0 radical (unpaired) electrons. The first-order valence-corrected chi connectivity index (χ1v) is 7.38. The molecule has 7 nitrogen and oxygen atoms in total. The number of hydrogen-bond donors (Lipinski definition) is 2. The number of nitrogens with zero attached hydrogens (tertiary/aromatic N) is 2. The molecule has 2 amide bonds. The number of para-hydroxylation sites is 1. The maximum absolute atomic E-state index is 12.7. The predicted molar refractivity (Wildman–Crippen MR) is 83.0 cm³/mol. The zero-order chi connectivity index (χ0) is 16.6. The summed E-state index contributed by atoms with van der Waals surface area (Å²) in [6.07, 6.45) is 0. The van der Waals surface area contributed by atoms with Gasteiger partial charge in [0, 0.05) is 36.6 Å². The van der Waals surface area contributed by atoms with Gasteiger partial charge in [-0.1, -0.05) is 18.2 Å². The summed E-state index contributed by atoms with van der Waals surface area (Å²) in [6.45, 7) is 2.56. The Bertz CT molecular complexity index is 749. The Morgan fingerprint density at radius 3 is 2.61 bits per heavy atom. The Hall–Kier alpha value is -2.83. The lowest BCUT2D eigenvalue weighted by atomic mass is 10.1. The highest BCUT2D eigenvalue weighted by molar-refractivity contribution is 6.31. The number of benzene rings is 1. The Kier molecular flexibility index (Phi) is 3.77. The number of carbonyl (C=O) groups is 3. The first-order valence-electron chi connectivity index (χ1n) is 7.38. The summed E-state index contributed by atoms with van der Waals surface area (Å²) >= 11 is 0. The molecule has 0 aliphatic carbocycles. The first kappa shape index (κ1) is 15.1. The highest BCUT2D eigenvalue weighted by Gasteiger charge is 2.32. The van der Waals surface area contributed by atoms with Crippen LogP contribution in [0, 0.1) is 0 Å². The van der Waals surface area contributed by atoms with Crippen LogP contribution in [-0.2, 0) is 9.59 Å². The summed E-state index contributed by atoms with van der Waals surface area (Å²) in [7, 11) is 0. The lowest BCUT2D eigenvalue weighted by Crippen LogP contribution is -2.56. The molecule has 1 aliphatic rings. The molecular formula is C16H17N3O4. The fourth-order valence-corrected chi connectivity index (χ4v) is 2.92. The third kappa shape index (κ3) is 2.77. The van der Waals surface area contributed by atoms with E-state index in [0.29, 0.717) is 12.2 Å². The van der Waals surface area contributed by atoms with Crippen molar-refractivity contribution in [3.8, 4) is 0 Å². The molecule has 1 aromatic carbocycles. The number of carbonyl (C=O) groups excluding carboxylic acids is 2. The van der Waals surface area contributed by atoms with Crippen LogP contribution in [0.5, 0.6) is 0 Å². The second-order valence-electron chi connectivity index (χ2n) is 5.67. The summed E-state index contributed by atoms with van der Waals surface area (Å²) in [6, 6.07) is 9.19. The molecule has 1 saturated heterocycles. The number of hydrogen-bond acceptors (Lipinski definition) is 3. The Labute approximate surface area is 132 Å². The van der Waals surface area contributed by atoms with Crippen LogP contribution in [0.1, 0.15) is 17.4 Å². The second kappa shape index (κ2) is 5.75. The van der Waals surface area contributed by atoms with Crippen LogP contribution in [0.25, 0.3) is 10.9 Å². The molecule has 1 aromatic heterocycles. The molecule has 2 aromatic rings. The number of aliphatic carboxylic acids is 1. The van der Waals surface area contributed by atoms with Gasteiger partial charge >= 0.3 is 11.9 Å². The van der Waals surface area contributed by atoms with Crippen molar-refractivity contribution in [1.29, 1.82) is 0 Å². The monoisotopic (exact) mass is 315 g/mol. The van der Waals surface area contributed by atoms with Crippen LogP contribution >= 0.6 is 0 Å². The van der Waals surface area contributed by atoms with E-state index in [4.69, 9.17) is 5.11 Å². The van der Waals surface area contributed by atoms with Gasteiger partial charge in [0.05, 0.1) is 0 Å². The third-order valence-electron chi connectivity index (χ3n) is 4.12. The number of H-pyrrole nitrogens is 1. The van der Waals surface area contributed by atoms with E-state index in [2.05, 4.69) is 4.98 Å². The molecule has 2 N–H and O–H groups in total. The predicted octanol–water partition coefficient (Wildman–Crippen LogP) is 0.925. The van der Waals surface area contributed by atoms with E-state index in [9.17, 15) is 14.4 Å². The molecule has 0 unspecified atom stereocenters. The Balaban J connectivity index is 1.76. The van der Waals surface area contributed by atoms with E-state index in [1.165, 1.54) is 4.90 Å². The van der Waals surface area contributed by atoms with Crippen molar-refractivity contribution in [3.05, 3.63) is 36.0 Å². The molecule has 0 saturated carbocycles. The van der Waals surface area contributed by atoms with Crippen molar-refractivity contribution >= 4 is 28.7 Å².